The molecule has 152 valence electrons. The van der Waals surface area contributed by atoms with E-state index in [0.717, 1.165) is 11.3 Å². The Hall–Kier alpha value is -3.15. The molecule has 0 spiro atoms. The van der Waals surface area contributed by atoms with Gasteiger partial charge in [0.05, 0.1) is 0 Å². The third-order valence-corrected chi connectivity index (χ3v) is 5.65. The molecule has 1 saturated heterocycles. The van der Waals surface area contributed by atoms with Gasteiger partial charge in [-0.2, -0.15) is 0 Å². The highest BCUT2D eigenvalue weighted by molar-refractivity contribution is 6.10. The van der Waals surface area contributed by atoms with Gasteiger partial charge in [-0.05, 0) is 42.0 Å². The Labute approximate surface area is 171 Å². The summed E-state index contributed by atoms with van der Waals surface area (Å²) in [6.07, 6.45) is 1.44. The minimum absolute atomic E-state index is 0.327. The van der Waals surface area contributed by atoms with E-state index >= 15 is 0 Å². The van der Waals surface area contributed by atoms with Gasteiger partial charge < -0.3 is 10.6 Å². The monoisotopic (exact) mass is 393 g/mol. The van der Waals surface area contributed by atoms with E-state index in [4.69, 9.17) is 0 Å². The molecule has 4 amide bonds. The molecule has 0 aliphatic carbocycles. The fraction of sp³-hybridized carbons (Fsp3) is 0.348. The summed E-state index contributed by atoms with van der Waals surface area (Å²) in [7, 11) is 0. The van der Waals surface area contributed by atoms with Crippen molar-refractivity contribution in [3.8, 4) is 0 Å². The van der Waals surface area contributed by atoms with Crippen LogP contribution in [0.5, 0.6) is 0 Å². The number of carbonyl (C=O) groups is 3. The zero-order valence-corrected chi connectivity index (χ0v) is 17.1. The number of benzene rings is 2. The lowest BCUT2D eigenvalue weighted by molar-refractivity contribution is -0.134. The van der Waals surface area contributed by atoms with Crippen LogP contribution in [-0.4, -0.2) is 29.3 Å². The summed E-state index contributed by atoms with van der Waals surface area (Å²) in [5.74, 6) is -0.367. The minimum Gasteiger partial charge on any atom is -0.325 e. The van der Waals surface area contributed by atoms with Gasteiger partial charge >= 0.3 is 6.03 Å². The van der Waals surface area contributed by atoms with Crippen LogP contribution in [0.25, 0.3) is 0 Å². The van der Waals surface area contributed by atoms with Gasteiger partial charge in [-0.1, -0.05) is 63.2 Å². The SMILES string of the molecule is CC[C@H](C)c1ccc(NC(=O)CN2C(=O)N[C@](CC)(c3ccccc3)C2=O)cc1. The molecule has 0 saturated carbocycles. The fourth-order valence-electron chi connectivity index (χ4n) is 3.61. The van der Waals surface area contributed by atoms with Crippen LogP contribution in [-0.2, 0) is 15.1 Å². The predicted molar refractivity (Wildman–Crippen MR) is 112 cm³/mol. The van der Waals surface area contributed by atoms with Crippen molar-refractivity contribution in [2.24, 2.45) is 0 Å². The third-order valence-electron chi connectivity index (χ3n) is 5.65. The molecule has 6 heteroatoms. The van der Waals surface area contributed by atoms with Crippen LogP contribution >= 0.6 is 0 Å². The summed E-state index contributed by atoms with van der Waals surface area (Å²) in [5.41, 5.74) is 1.43. The van der Waals surface area contributed by atoms with E-state index in [0.29, 0.717) is 23.6 Å². The molecule has 2 aromatic rings. The maximum Gasteiger partial charge on any atom is 0.325 e. The van der Waals surface area contributed by atoms with E-state index in [9.17, 15) is 14.4 Å². The van der Waals surface area contributed by atoms with E-state index in [-0.39, 0.29) is 6.54 Å². The standard InChI is InChI=1S/C23H27N3O3/c1-4-16(3)17-11-13-19(14-12-17)24-20(27)15-26-21(28)23(5-2,25-22(26)29)18-9-7-6-8-10-18/h6-14,16H,4-5,15H2,1-3H3,(H,24,27)(H,25,29)/t16-,23+/m0/s1. The molecule has 0 bridgehead atoms. The Morgan fingerprint density at radius 3 is 2.31 bits per heavy atom. The molecular formula is C23H27N3O3. The van der Waals surface area contributed by atoms with Crippen molar-refractivity contribution in [3.05, 3.63) is 65.7 Å². The molecular weight excluding hydrogens is 366 g/mol. The molecule has 1 aliphatic rings. The van der Waals surface area contributed by atoms with Crippen LogP contribution in [0.3, 0.4) is 0 Å². The molecule has 0 unspecified atom stereocenters. The average Bonchev–Trinajstić information content (AvgIpc) is 2.99. The summed E-state index contributed by atoms with van der Waals surface area (Å²) in [6, 6.07) is 16.2. The molecule has 2 N–H and O–H groups in total. The maximum atomic E-state index is 13.1. The average molecular weight is 393 g/mol. The van der Waals surface area contributed by atoms with Gasteiger partial charge in [0.2, 0.25) is 5.91 Å². The van der Waals surface area contributed by atoms with Crippen molar-refractivity contribution in [2.75, 3.05) is 11.9 Å². The van der Waals surface area contributed by atoms with Gasteiger partial charge in [0.25, 0.3) is 5.91 Å². The zero-order valence-electron chi connectivity index (χ0n) is 17.1. The molecule has 3 rings (SSSR count). The van der Waals surface area contributed by atoms with Gasteiger partial charge in [0, 0.05) is 5.69 Å². The first kappa shape index (κ1) is 20.6. The van der Waals surface area contributed by atoms with Crippen LogP contribution < -0.4 is 10.6 Å². The van der Waals surface area contributed by atoms with Crippen LogP contribution in [0.2, 0.25) is 0 Å². The van der Waals surface area contributed by atoms with Gasteiger partial charge in [0.1, 0.15) is 12.1 Å². The van der Waals surface area contributed by atoms with Crippen LogP contribution in [0.4, 0.5) is 10.5 Å². The zero-order chi connectivity index (χ0) is 21.0. The second kappa shape index (κ2) is 8.47. The number of amides is 4. The quantitative estimate of drug-likeness (QED) is 0.698. The molecule has 1 aliphatic heterocycles. The second-order valence-electron chi connectivity index (χ2n) is 7.43. The minimum atomic E-state index is -1.13. The summed E-state index contributed by atoms with van der Waals surface area (Å²) >= 11 is 0. The molecule has 0 aromatic heterocycles. The number of hydrogen-bond acceptors (Lipinski definition) is 3. The summed E-state index contributed by atoms with van der Waals surface area (Å²) in [5, 5.41) is 5.55. The molecule has 2 atom stereocenters. The van der Waals surface area contributed by atoms with Crippen molar-refractivity contribution in [3.63, 3.8) is 0 Å². The first-order valence-corrected chi connectivity index (χ1v) is 10.0. The number of nitrogens with zero attached hydrogens (tertiary/aromatic N) is 1. The Morgan fingerprint density at radius 2 is 1.72 bits per heavy atom. The van der Waals surface area contributed by atoms with Crippen molar-refractivity contribution >= 4 is 23.5 Å². The summed E-state index contributed by atoms with van der Waals surface area (Å²) < 4.78 is 0. The number of nitrogens with one attached hydrogen (secondary N) is 2. The van der Waals surface area contributed by atoms with Crippen LogP contribution in [0.1, 0.15) is 50.7 Å². The van der Waals surface area contributed by atoms with Gasteiger partial charge in [0.15, 0.2) is 0 Å². The lowest BCUT2D eigenvalue weighted by atomic mass is 9.87. The van der Waals surface area contributed by atoms with Gasteiger partial charge in [-0.25, -0.2) is 4.79 Å². The number of rotatable bonds is 7. The number of carbonyl (C=O) groups excluding carboxylic acids is 3. The van der Waals surface area contributed by atoms with E-state index < -0.39 is 23.4 Å². The van der Waals surface area contributed by atoms with Crippen molar-refractivity contribution < 1.29 is 14.4 Å². The normalized spacial score (nSPS) is 19.8. The predicted octanol–water partition coefficient (Wildman–Crippen LogP) is 4.00. The lowest BCUT2D eigenvalue weighted by Crippen LogP contribution is -2.44. The van der Waals surface area contributed by atoms with Crippen LogP contribution in [0.15, 0.2) is 54.6 Å². The summed E-state index contributed by atoms with van der Waals surface area (Å²) in [6.45, 7) is 5.79. The first-order chi connectivity index (χ1) is 13.9. The van der Waals surface area contributed by atoms with Crippen molar-refractivity contribution in [2.45, 2.75) is 45.1 Å². The maximum absolute atomic E-state index is 13.1. The lowest BCUT2D eigenvalue weighted by Gasteiger charge is -2.25. The Kier molecular flexibility index (Phi) is 6.01. The second-order valence-corrected chi connectivity index (χ2v) is 7.43. The molecule has 0 radical (unpaired) electrons. The Balaban J connectivity index is 1.70. The van der Waals surface area contributed by atoms with E-state index in [1.807, 2.05) is 61.5 Å². The van der Waals surface area contributed by atoms with E-state index in [2.05, 4.69) is 24.5 Å². The number of urea groups is 1. The number of hydrogen-bond donors (Lipinski definition) is 2. The van der Waals surface area contributed by atoms with E-state index in [1.165, 1.54) is 5.56 Å². The topological polar surface area (TPSA) is 78.5 Å². The first-order valence-electron chi connectivity index (χ1n) is 10.0. The van der Waals surface area contributed by atoms with Crippen molar-refractivity contribution in [1.29, 1.82) is 0 Å². The Bertz CT molecular complexity index is 895. The number of anilines is 1. The smallest absolute Gasteiger partial charge is 0.325 e. The highest BCUT2D eigenvalue weighted by atomic mass is 16.2. The molecule has 1 fully saturated rings. The molecule has 1 heterocycles. The van der Waals surface area contributed by atoms with E-state index in [1.54, 1.807) is 0 Å². The van der Waals surface area contributed by atoms with Gasteiger partial charge in [-0.15, -0.1) is 0 Å². The largest absolute Gasteiger partial charge is 0.325 e. The number of imide groups is 1. The molecule has 2 aromatic carbocycles. The molecule has 6 nitrogen and oxygen atoms in total. The third kappa shape index (κ3) is 4.01. The highest BCUT2D eigenvalue weighted by Gasteiger charge is 2.51. The molecule has 29 heavy (non-hydrogen) atoms. The Morgan fingerprint density at radius 1 is 1.07 bits per heavy atom. The summed E-state index contributed by atoms with van der Waals surface area (Å²) in [4.78, 5) is 39.0. The fourth-order valence-corrected chi connectivity index (χ4v) is 3.61. The van der Waals surface area contributed by atoms with Crippen molar-refractivity contribution in [1.82, 2.24) is 10.2 Å². The van der Waals surface area contributed by atoms with Crippen LogP contribution in [0, 0.1) is 0 Å². The van der Waals surface area contributed by atoms with Gasteiger partial charge in [-0.3, -0.25) is 14.5 Å². The highest BCUT2D eigenvalue weighted by Crippen LogP contribution is 2.32.